The van der Waals surface area contributed by atoms with Crippen molar-refractivity contribution in [2.75, 3.05) is 7.11 Å². The van der Waals surface area contributed by atoms with Gasteiger partial charge in [0.05, 0.1) is 19.1 Å². The van der Waals surface area contributed by atoms with Gasteiger partial charge < -0.3 is 15.8 Å². The van der Waals surface area contributed by atoms with E-state index in [1.165, 1.54) is 13.2 Å². The van der Waals surface area contributed by atoms with Crippen LogP contribution in [-0.2, 0) is 4.79 Å². The van der Waals surface area contributed by atoms with Gasteiger partial charge in [-0.25, -0.2) is 4.39 Å². The van der Waals surface area contributed by atoms with Crippen LogP contribution in [0.15, 0.2) is 48.5 Å². The zero-order valence-corrected chi connectivity index (χ0v) is 15.3. The molecule has 136 valence electrons. The first-order valence-electron chi connectivity index (χ1n) is 7.88. The standard InChI is InChI=1S/C19H23FN2O2.ClH/c1-12(18(21)14-7-5-4-6-8-14)19(23)22-13(2)15-9-10-17(24-3)16(20)11-15;/h4-13,18H,21H2,1-3H3,(H,22,23);1H. The Bertz CT molecular complexity index is 697. The molecule has 4 nitrogen and oxygen atoms in total. The summed E-state index contributed by atoms with van der Waals surface area (Å²) in [7, 11) is 1.41. The first-order valence-corrected chi connectivity index (χ1v) is 7.88. The maximum absolute atomic E-state index is 13.8. The summed E-state index contributed by atoms with van der Waals surface area (Å²) >= 11 is 0. The van der Waals surface area contributed by atoms with Gasteiger partial charge in [-0.05, 0) is 30.2 Å². The molecule has 0 aliphatic heterocycles. The van der Waals surface area contributed by atoms with Gasteiger partial charge in [0.1, 0.15) is 0 Å². The Morgan fingerprint density at radius 2 is 1.76 bits per heavy atom. The van der Waals surface area contributed by atoms with Gasteiger partial charge in [-0.3, -0.25) is 4.79 Å². The monoisotopic (exact) mass is 366 g/mol. The Kier molecular flexibility index (Phi) is 7.87. The molecule has 2 aromatic rings. The Hall–Kier alpha value is -2.11. The number of benzene rings is 2. The van der Waals surface area contributed by atoms with Gasteiger partial charge in [-0.15, -0.1) is 12.4 Å². The number of halogens is 2. The van der Waals surface area contributed by atoms with Crippen molar-refractivity contribution < 1.29 is 13.9 Å². The van der Waals surface area contributed by atoms with Crippen molar-refractivity contribution in [1.82, 2.24) is 5.32 Å². The van der Waals surface area contributed by atoms with Crippen molar-refractivity contribution >= 4 is 18.3 Å². The van der Waals surface area contributed by atoms with Crippen LogP contribution in [0.3, 0.4) is 0 Å². The lowest BCUT2D eigenvalue weighted by Gasteiger charge is -2.22. The first kappa shape index (κ1) is 20.9. The van der Waals surface area contributed by atoms with E-state index in [0.29, 0.717) is 5.56 Å². The molecule has 3 unspecified atom stereocenters. The average molecular weight is 367 g/mol. The van der Waals surface area contributed by atoms with Crippen molar-refractivity contribution in [3.63, 3.8) is 0 Å². The van der Waals surface area contributed by atoms with Gasteiger partial charge in [0.25, 0.3) is 0 Å². The van der Waals surface area contributed by atoms with E-state index < -0.39 is 17.8 Å². The molecular weight excluding hydrogens is 343 g/mol. The fourth-order valence-corrected chi connectivity index (χ4v) is 2.51. The second-order valence-electron chi connectivity index (χ2n) is 5.85. The molecule has 2 rings (SSSR count). The van der Waals surface area contributed by atoms with E-state index in [0.717, 1.165) is 5.56 Å². The summed E-state index contributed by atoms with van der Waals surface area (Å²) in [5.41, 5.74) is 7.75. The van der Waals surface area contributed by atoms with Gasteiger partial charge in [-0.1, -0.05) is 43.3 Å². The molecule has 0 saturated carbocycles. The molecule has 2 aromatic carbocycles. The van der Waals surface area contributed by atoms with Crippen molar-refractivity contribution in [3.8, 4) is 5.75 Å². The fourth-order valence-electron chi connectivity index (χ4n) is 2.51. The summed E-state index contributed by atoms with van der Waals surface area (Å²) in [6.45, 7) is 3.59. The third-order valence-electron chi connectivity index (χ3n) is 4.17. The molecule has 6 heteroatoms. The number of hydrogen-bond donors (Lipinski definition) is 2. The van der Waals surface area contributed by atoms with Crippen LogP contribution >= 0.6 is 12.4 Å². The fraction of sp³-hybridized carbons (Fsp3) is 0.316. The van der Waals surface area contributed by atoms with Crippen LogP contribution < -0.4 is 15.8 Å². The van der Waals surface area contributed by atoms with Gasteiger partial charge >= 0.3 is 0 Å². The lowest BCUT2D eigenvalue weighted by atomic mass is 9.94. The Labute approximate surface area is 154 Å². The maximum atomic E-state index is 13.8. The van der Waals surface area contributed by atoms with Crippen LogP contribution in [0.4, 0.5) is 4.39 Å². The summed E-state index contributed by atoms with van der Waals surface area (Å²) in [4.78, 5) is 12.4. The Morgan fingerprint density at radius 1 is 1.12 bits per heavy atom. The third kappa shape index (κ3) is 5.18. The minimum absolute atomic E-state index is 0. The molecule has 0 fully saturated rings. The highest BCUT2D eigenvalue weighted by Gasteiger charge is 2.23. The Morgan fingerprint density at radius 3 is 2.32 bits per heavy atom. The molecule has 0 aromatic heterocycles. The van der Waals surface area contributed by atoms with E-state index in [1.54, 1.807) is 26.0 Å². The van der Waals surface area contributed by atoms with Crippen molar-refractivity contribution in [3.05, 3.63) is 65.5 Å². The predicted octanol–water partition coefficient (Wildman–Crippen LogP) is 3.77. The summed E-state index contributed by atoms with van der Waals surface area (Å²) in [5, 5.41) is 2.88. The molecule has 3 N–H and O–H groups in total. The zero-order valence-electron chi connectivity index (χ0n) is 14.5. The van der Waals surface area contributed by atoms with Gasteiger partial charge in [0.15, 0.2) is 11.6 Å². The van der Waals surface area contributed by atoms with Crippen molar-refractivity contribution in [1.29, 1.82) is 0 Å². The number of hydrogen-bond acceptors (Lipinski definition) is 3. The highest BCUT2D eigenvalue weighted by molar-refractivity contribution is 5.85. The lowest BCUT2D eigenvalue weighted by Crippen LogP contribution is -2.36. The lowest BCUT2D eigenvalue weighted by molar-refractivity contribution is -0.125. The quantitative estimate of drug-likeness (QED) is 0.817. The molecule has 0 bridgehead atoms. The van der Waals surface area contributed by atoms with Gasteiger partial charge in [0.2, 0.25) is 5.91 Å². The minimum atomic E-state index is -0.454. The van der Waals surface area contributed by atoms with Crippen LogP contribution in [0, 0.1) is 11.7 Å². The topological polar surface area (TPSA) is 64.3 Å². The SMILES string of the molecule is COc1ccc(C(C)NC(=O)C(C)C(N)c2ccccc2)cc1F.Cl. The van der Waals surface area contributed by atoms with Crippen LogP contribution in [-0.4, -0.2) is 13.0 Å². The molecule has 1 amide bonds. The molecule has 0 spiro atoms. The Balaban J connectivity index is 0.00000312. The molecule has 0 saturated heterocycles. The molecule has 0 heterocycles. The molecule has 0 aliphatic carbocycles. The van der Waals surface area contributed by atoms with Gasteiger partial charge in [0, 0.05) is 6.04 Å². The second kappa shape index (κ2) is 9.39. The van der Waals surface area contributed by atoms with E-state index in [9.17, 15) is 9.18 Å². The molecule has 3 atom stereocenters. The summed E-state index contributed by atoms with van der Waals surface area (Å²) in [6, 6.07) is 13.4. The van der Waals surface area contributed by atoms with Crippen LogP contribution in [0.2, 0.25) is 0 Å². The number of nitrogens with two attached hydrogens (primary N) is 1. The summed E-state index contributed by atoms with van der Waals surface area (Å²) in [5.74, 6) is -0.852. The average Bonchev–Trinajstić information content (AvgIpc) is 2.60. The molecule has 0 aliphatic rings. The largest absolute Gasteiger partial charge is 0.494 e. The predicted molar refractivity (Wildman–Crippen MR) is 99.3 cm³/mol. The van der Waals surface area contributed by atoms with E-state index in [-0.39, 0.29) is 30.1 Å². The van der Waals surface area contributed by atoms with E-state index in [4.69, 9.17) is 10.5 Å². The highest BCUT2D eigenvalue weighted by atomic mass is 35.5. The highest BCUT2D eigenvalue weighted by Crippen LogP contribution is 2.23. The number of methoxy groups -OCH3 is 1. The van der Waals surface area contributed by atoms with E-state index in [1.807, 2.05) is 30.3 Å². The summed E-state index contributed by atoms with van der Waals surface area (Å²) in [6.07, 6.45) is 0. The smallest absolute Gasteiger partial charge is 0.225 e. The zero-order chi connectivity index (χ0) is 17.7. The number of amides is 1. The van der Waals surface area contributed by atoms with Crippen LogP contribution in [0.1, 0.15) is 37.1 Å². The van der Waals surface area contributed by atoms with Crippen molar-refractivity contribution in [2.24, 2.45) is 11.7 Å². The number of ether oxygens (including phenoxy) is 1. The second-order valence-corrected chi connectivity index (χ2v) is 5.85. The molecular formula is C19H24ClFN2O2. The maximum Gasteiger partial charge on any atom is 0.225 e. The molecule has 25 heavy (non-hydrogen) atoms. The number of carbonyl (C=O) groups excluding carboxylic acids is 1. The van der Waals surface area contributed by atoms with Crippen LogP contribution in [0.5, 0.6) is 5.75 Å². The van der Waals surface area contributed by atoms with E-state index >= 15 is 0 Å². The van der Waals surface area contributed by atoms with Crippen molar-refractivity contribution in [2.45, 2.75) is 25.9 Å². The van der Waals surface area contributed by atoms with Gasteiger partial charge in [-0.2, -0.15) is 0 Å². The third-order valence-corrected chi connectivity index (χ3v) is 4.17. The summed E-state index contributed by atoms with van der Waals surface area (Å²) < 4.78 is 18.7. The van der Waals surface area contributed by atoms with Crippen LogP contribution in [0.25, 0.3) is 0 Å². The van der Waals surface area contributed by atoms with E-state index in [2.05, 4.69) is 5.32 Å². The molecule has 0 radical (unpaired) electrons. The number of rotatable bonds is 6. The number of carbonyl (C=O) groups is 1. The first-order chi connectivity index (χ1) is 11.4. The minimum Gasteiger partial charge on any atom is -0.494 e. The normalized spacial score (nSPS) is 14.0. The number of nitrogens with one attached hydrogen (secondary N) is 1.